The maximum absolute atomic E-state index is 11.4. The molecular weight excluding hydrogens is 208 g/mol. The molecule has 0 aliphatic heterocycles. The molecule has 0 aromatic carbocycles. The third kappa shape index (κ3) is 3.42. The molecule has 0 atom stereocenters. The molecule has 0 aliphatic rings. The second-order valence-electron chi connectivity index (χ2n) is 3.53. The Morgan fingerprint density at radius 3 is 2.88 bits per heavy atom. The van der Waals surface area contributed by atoms with Gasteiger partial charge in [0, 0.05) is 12.7 Å². The van der Waals surface area contributed by atoms with E-state index in [9.17, 15) is 9.59 Å². The lowest BCUT2D eigenvalue weighted by Gasteiger charge is -2.07. The van der Waals surface area contributed by atoms with Gasteiger partial charge in [-0.25, -0.2) is 4.79 Å². The number of amides is 1. The van der Waals surface area contributed by atoms with Crippen LogP contribution in [-0.4, -0.2) is 28.1 Å². The predicted molar refractivity (Wildman–Crippen MR) is 59.3 cm³/mol. The highest BCUT2D eigenvalue weighted by Gasteiger charge is 2.10. The summed E-state index contributed by atoms with van der Waals surface area (Å²) in [6, 6.07) is 3.09. The molecule has 0 saturated heterocycles. The molecule has 1 amide bonds. The lowest BCUT2D eigenvalue weighted by Crippen LogP contribution is -2.29. The van der Waals surface area contributed by atoms with Gasteiger partial charge in [0.1, 0.15) is 12.2 Å². The summed E-state index contributed by atoms with van der Waals surface area (Å²) in [5.74, 6) is -1.18. The van der Waals surface area contributed by atoms with E-state index in [-0.39, 0.29) is 18.1 Å². The Bertz CT molecular complexity index is 371. The van der Waals surface area contributed by atoms with Crippen LogP contribution >= 0.6 is 0 Å². The van der Waals surface area contributed by atoms with Crippen LogP contribution in [0.25, 0.3) is 0 Å². The molecule has 1 rings (SSSR count). The van der Waals surface area contributed by atoms with E-state index >= 15 is 0 Å². The number of aromatic nitrogens is 1. The van der Waals surface area contributed by atoms with Crippen LogP contribution in [0.3, 0.4) is 0 Å². The number of aromatic carboxylic acids is 1. The van der Waals surface area contributed by atoms with Gasteiger partial charge in [-0.2, -0.15) is 0 Å². The molecule has 0 unspecified atom stereocenters. The average Bonchev–Trinajstić information content (AvgIpc) is 2.66. The summed E-state index contributed by atoms with van der Waals surface area (Å²) in [4.78, 5) is 22.2. The van der Waals surface area contributed by atoms with Gasteiger partial charge in [-0.3, -0.25) is 4.79 Å². The summed E-state index contributed by atoms with van der Waals surface area (Å²) in [5.41, 5.74) is 0.130. The van der Waals surface area contributed by atoms with E-state index in [1.165, 1.54) is 10.6 Å². The number of carbonyl (C=O) groups is 2. The third-order valence-electron chi connectivity index (χ3n) is 2.22. The number of carbonyl (C=O) groups excluding carboxylic acids is 1. The smallest absolute Gasteiger partial charge is 0.352 e. The molecule has 16 heavy (non-hydrogen) atoms. The Morgan fingerprint density at radius 2 is 2.25 bits per heavy atom. The lowest BCUT2D eigenvalue weighted by atomic mass is 10.3. The zero-order valence-corrected chi connectivity index (χ0v) is 9.27. The van der Waals surface area contributed by atoms with Gasteiger partial charge in [0.2, 0.25) is 5.91 Å². The fourth-order valence-electron chi connectivity index (χ4n) is 1.36. The molecule has 0 fully saturated rings. The molecule has 0 radical (unpaired) electrons. The number of rotatable bonds is 6. The Kier molecular flexibility index (Phi) is 4.57. The van der Waals surface area contributed by atoms with E-state index < -0.39 is 5.97 Å². The van der Waals surface area contributed by atoms with Crippen LogP contribution < -0.4 is 5.32 Å². The van der Waals surface area contributed by atoms with Crippen molar-refractivity contribution in [3.05, 3.63) is 24.0 Å². The number of nitrogens with one attached hydrogen (secondary N) is 1. The monoisotopic (exact) mass is 224 g/mol. The van der Waals surface area contributed by atoms with Gasteiger partial charge >= 0.3 is 5.97 Å². The molecule has 5 heteroatoms. The van der Waals surface area contributed by atoms with E-state index in [1.807, 2.05) is 6.92 Å². The first kappa shape index (κ1) is 12.3. The summed E-state index contributed by atoms with van der Waals surface area (Å²) in [6.07, 6.45) is 3.54. The maximum Gasteiger partial charge on any atom is 0.352 e. The van der Waals surface area contributed by atoms with E-state index in [4.69, 9.17) is 5.11 Å². The first-order valence-electron chi connectivity index (χ1n) is 5.30. The van der Waals surface area contributed by atoms with Crippen LogP contribution in [0, 0.1) is 0 Å². The fraction of sp³-hybridized carbons (Fsp3) is 0.455. The second kappa shape index (κ2) is 5.95. The largest absolute Gasteiger partial charge is 0.477 e. The SMILES string of the molecule is CCCCNC(=O)Cn1cccc1C(=O)O. The van der Waals surface area contributed by atoms with Crippen molar-refractivity contribution in [1.82, 2.24) is 9.88 Å². The number of unbranched alkanes of at least 4 members (excludes halogenated alkanes) is 1. The van der Waals surface area contributed by atoms with E-state index in [1.54, 1.807) is 12.3 Å². The predicted octanol–water partition coefficient (Wildman–Crippen LogP) is 1.10. The molecule has 1 aromatic rings. The quantitative estimate of drug-likeness (QED) is 0.711. The lowest BCUT2D eigenvalue weighted by molar-refractivity contribution is -0.121. The van der Waals surface area contributed by atoms with Crippen LogP contribution in [0.5, 0.6) is 0 Å². The number of hydrogen-bond acceptors (Lipinski definition) is 2. The van der Waals surface area contributed by atoms with Gasteiger partial charge in [-0.05, 0) is 18.6 Å². The number of hydrogen-bond donors (Lipinski definition) is 2. The minimum atomic E-state index is -1.02. The highest BCUT2D eigenvalue weighted by Crippen LogP contribution is 2.01. The number of nitrogens with zero attached hydrogens (tertiary/aromatic N) is 1. The van der Waals surface area contributed by atoms with Crippen LogP contribution in [-0.2, 0) is 11.3 Å². The van der Waals surface area contributed by atoms with Crippen LogP contribution in [0.2, 0.25) is 0 Å². The Hall–Kier alpha value is -1.78. The minimum absolute atomic E-state index is 0.0539. The van der Waals surface area contributed by atoms with Crippen LogP contribution in [0.1, 0.15) is 30.3 Å². The standard InChI is InChI=1S/C11H16N2O3/c1-2-3-6-12-10(14)8-13-7-4-5-9(13)11(15)16/h4-5,7H,2-3,6,8H2,1H3,(H,12,14)(H,15,16). The third-order valence-corrected chi connectivity index (χ3v) is 2.22. The Balaban J connectivity index is 2.49. The normalized spacial score (nSPS) is 10.1. The van der Waals surface area contributed by atoms with Gasteiger partial charge in [-0.1, -0.05) is 13.3 Å². The molecule has 0 spiro atoms. The van der Waals surface area contributed by atoms with Gasteiger partial charge in [0.05, 0.1) is 0 Å². The molecule has 2 N–H and O–H groups in total. The molecule has 0 bridgehead atoms. The van der Waals surface area contributed by atoms with Crippen LogP contribution in [0.4, 0.5) is 0 Å². The maximum atomic E-state index is 11.4. The van der Waals surface area contributed by atoms with Crippen molar-refractivity contribution in [2.45, 2.75) is 26.3 Å². The Morgan fingerprint density at radius 1 is 1.50 bits per heavy atom. The van der Waals surface area contributed by atoms with Crippen molar-refractivity contribution in [3.8, 4) is 0 Å². The zero-order chi connectivity index (χ0) is 12.0. The molecular formula is C11H16N2O3. The zero-order valence-electron chi connectivity index (χ0n) is 9.27. The van der Waals surface area contributed by atoms with Gasteiger partial charge in [-0.15, -0.1) is 0 Å². The molecule has 5 nitrogen and oxygen atoms in total. The van der Waals surface area contributed by atoms with Gasteiger partial charge in [0.25, 0.3) is 0 Å². The first-order valence-corrected chi connectivity index (χ1v) is 5.30. The summed E-state index contributed by atoms with van der Waals surface area (Å²) < 4.78 is 1.42. The highest BCUT2D eigenvalue weighted by atomic mass is 16.4. The molecule has 0 saturated carbocycles. The number of carboxylic acid groups (broad SMARTS) is 1. The van der Waals surface area contributed by atoms with E-state index in [0.717, 1.165) is 12.8 Å². The van der Waals surface area contributed by atoms with E-state index in [0.29, 0.717) is 6.54 Å². The fourth-order valence-corrected chi connectivity index (χ4v) is 1.36. The van der Waals surface area contributed by atoms with Crippen molar-refractivity contribution in [3.63, 3.8) is 0 Å². The van der Waals surface area contributed by atoms with Crippen molar-refractivity contribution >= 4 is 11.9 Å². The molecule has 88 valence electrons. The van der Waals surface area contributed by atoms with Gasteiger partial charge < -0.3 is 15.0 Å². The molecule has 1 aromatic heterocycles. The average molecular weight is 224 g/mol. The second-order valence-corrected chi connectivity index (χ2v) is 3.53. The first-order chi connectivity index (χ1) is 7.65. The van der Waals surface area contributed by atoms with Crippen LogP contribution in [0.15, 0.2) is 18.3 Å². The van der Waals surface area contributed by atoms with Crippen molar-refractivity contribution in [1.29, 1.82) is 0 Å². The summed E-state index contributed by atoms with van der Waals surface area (Å²) in [6.45, 7) is 2.73. The van der Waals surface area contributed by atoms with Crippen molar-refractivity contribution in [2.75, 3.05) is 6.54 Å². The summed E-state index contributed by atoms with van der Waals surface area (Å²) in [5, 5.41) is 11.6. The molecule has 0 aliphatic carbocycles. The minimum Gasteiger partial charge on any atom is -0.477 e. The molecule has 1 heterocycles. The topological polar surface area (TPSA) is 71.3 Å². The van der Waals surface area contributed by atoms with Gasteiger partial charge in [0.15, 0.2) is 0 Å². The number of carboxylic acids is 1. The summed E-state index contributed by atoms with van der Waals surface area (Å²) >= 11 is 0. The highest BCUT2D eigenvalue weighted by molar-refractivity contribution is 5.86. The summed E-state index contributed by atoms with van der Waals surface area (Å²) in [7, 11) is 0. The van der Waals surface area contributed by atoms with E-state index in [2.05, 4.69) is 5.32 Å². The van der Waals surface area contributed by atoms with Crippen molar-refractivity contribution in [2.24, 2.45) is 0 Å². The van der Waals surface area contributed by atoms with Crippen molar-refractivity contribution < 1.29 is 14.7 Å². The Labute approximate surface area is 94.1 Å².